The number of benzene rings is 3. The van der Waals surface area contributed by atoms with Crippen LogP contribution in [0.2, 0.25) is 0 Å². The highest BCUT2D eigenvalue weighted by molar-refractivity contribution is 5.97. The first kappa shape index (κ1) is 21.4. The molecule has 0 atom stereocenters. The van der Waals surface area contributed by atoms with E-state index in [1.807, 2.05) is 6.07 Å². The quantitative estimate of drug-likeness (QED) is 0.184. The number of fused-ring (bicyclic) bond motifs is 3. The van der Waals surface area contributed by atoms with E-state index < -0.39 is 17.2 Å². The van der Waals surface area contributed by atoms with E-state index in [2.05, 4.69) is 0 Å². The molecule has 6 rings (SSSR count). The molecule has 0 unspecified atom stereocenters. The van der Waals surface area contributed by atoms with Crippen LogP contribution < -0.4 is 20.7 Å². The van der Waals surface area contributed by atoms with Gasteiger partial charge in [0, 0.05) is 33.9 Å². The molecule has 6 aromatic rings. The van der Waals surface area contributed by atoms with E-state index in [0.29, 0.717) is 38.6 Å². The van der Waals surface area contributed by atoms with Crippen molar-refractivity contribution in [3.63, 3.8) is 0 Å². The van der Waals surface area contributed by atoms with Crippen molar-refractivity contribution < 1.29 is 27.5 Å². The van der Waals surface area contributed by atoms with Gasteiger partial charge in [0.25, 0.3) is 0 Å². The first-order chi connectivity index (χ1) is 17.5. The van der Waals surface area contributed by atoms with Gasteiger partial charge in [-0.3, -0.25) is 0 Å². The highest BCUT2D eigenvalue weighted by Gasteiger charge is 2.19. The Hall–Kier alpha value is -5.11. The Labute approximate surface area is 201 Å². The summed E-state index contributed by atoms with van der Waals surface area (Å²) in [6.07, 6.45) is 0. The van der Waals surface area contributed by atoms with Gasteiger partial charge in [-0.15, -0.1) is 0 Å². The van der Waals surface area contributed by atoms with E-state index in [1.54, 1.807) is 54.6 Å². The van der Waals surface area contributed by atoms with Crippen molar-refractivity contribution in [2.24, 2.45) is 0 Å². The molecule has 3 heterocycles. The fourth-order valence-electron chi connectivity index (χ4n) is 4.13. The van der Waals surface area contributed by atoms with E-state index in [4.69, 9.17) is 22.7 Å². The number of carbonyl (C=O) groups excluding carboxylic acids is 1. The molecule has 36 heavy (non-hydrogen) atoms. The lowest BCUT2D eigenvalue weighted by Crippen LogP contribution is -2.08. The lowest BCUT2D eigenvalue weighted by atomic mass is 10.0. The first-order valence-electron chi connectivity index (χ1n) is 10.9. The molecule has 0 spiro atoms. The summed E-state index contributed by atoms with van der Waals surface area (Å²) in [5.74, 6) is -0.129. The van der Waals surface area contributed by atoms with Gasteiger partial charge < -0.3 is 22.7 Å². The third-order valence-electron chi connectivity index (χ3n) is 5.79. The van der Waals surface area contributed by atoms with Crippen LogP contribution in [0.4, 0.5) is 0 Å². The van der Waals surface area contributed by atoms with Crippen LogP contribution in [0.5, 0.6) is 11.5 Å². The van der Waals surface area contributed by atoms with Gasteiger partial charge in [-0.05, 0) is 36.4 Å². The average Bonchev–Trinajstić information content (AvgIpc) is 3.32. The van der Waals surface area contributed by atoms with E-state index in [0.717, 1.165) is 0 Å². The maximum absolute atomic E-state index is 12.7. The Balaban J connectivity index is 1.39. The van der Waals surface area contributed by atoms with Crippen LogP contribution in [-0.4, -0.2) is 13.1 Å². The number of methoxy groups -OCH3 is 1. The highest BCUT2D eigenvalue weighted by Crippen LogP contribution is 2.31. The summed E-state index contributed by atoms with van der Waals surface area (Å²) in [7, 11) is 1.51. The van der Waals surface area contributed by atoms with E-state index in [1.165, 1.54) is 25.3 Å². The third kappa shape index (κ3) is 3.61. The molecule has 0 aliphatic heterocycles. The minimum absolute atomic E-state index is 0.0152. The second kappa shape index (κ2) is 8.28. The van der Waals surface area contributed by atoms with Crippen molar-refractivity contribution >= 4 is 38.9 Å². The summed E-state index contributed by atoms with van der Waals surface area (Å²) < 4.78 is 27.1. The number of furan rings is 1. The molecule has 0 bridgehead atoms. The smallest absolute Gasteiger partial charge is 0.379 e. The fraction of sp³-hybridized carbons (Fsp3) is 0.0357. The molecule has 0 aliphatic carbocycles. The number of esters is 1. The number of hydrogen-bond acceptors (Lipinski definition) is 8. The van der Waals surface area contributed by atoms with Crippen molar-refractivity contribution in [1.82, 2.24) is 0 Å². The Morgan fingerprint density at radius 1 is 0.750 bits per heavy atom. The maximum atomic E-state index is 12.7. The van der Waals surface area contributed by atoms with E-state index in [9.17, 15) is 14.4 Å². The molecule has 3 aromatic heterocycles. The molecule has 0 radical (unpaired) electrons. The van der Waals surface area contributed by atoms with Gasteiger partial charge in [-0.1, -0.05) is 30.3 Å². The molecule has 0 saturated carbocycles. The van der Waals surface area contributed by atoms with Crippen LogP contribution in [0, 0.1) is 0 Å². The number of ether oxygens (including phenoxy) is 2. The summed E-state index contributed by atoms with van der Waals surface area (Å²) in [6, 6.07) is 21.4. The standard InChI is InChI=1S/C28H16O8/c1-32-22-8-4-6-16-12-24(35-26(16)22)28(31)33-17-9-10-18-19(14-25(29)34-23(18)13-17)20-11-15-5-2-3-7-21(15)36-27(20)30/h2-14H,1H3. The minimum Gasteiger partial charge on any atom is -0.493 e. The summed E-state index contributed by atoms with van der Waals surface area (Å²) in [6.45, 7) is 0. The predicted octanol–water partition coefficient (Wildman–Crippen LogP) is 5.54. The minimum atomic E-state index is -0.735. The van der Waals surface area contributed by atoms with Crippen LogP contribution in [0.25, 0.3) is 44.0 Å². The normalized spacial score (nSPS) is 11.2. The fourth-order valence-corrected chi connectivity index (χ4v) is 4.13. The van der Waals surface area contributed by atoms with Crippen LogP contribution in [-0.2, 0) is 0 Å². The third-order valence-corrected chi connectivity index (χ3v) is 5.79. The van der Waals surface area contributed by atoms with Gasteiger partial charge in [-0.25, -0.2) is 14.4 Å². The van der Waals surface area contributed by atoms with Crippen molar-refractivity contribution in [2.75, 3.05) is 7.11 Å². The Bertz CT molecular complexity index is 1920. The van der Waals surface area contributed by atoms with Gasteiger partial charge in [0.1, 0.15) is 16.9 Å². The molecular weight excluding hydrogens is 464 g/mol. The molecular formula is C28H16O8. The van der Waals surface area contributed by atoms with E-state index >= 15 is 0 Å². The highest BCUT2D eigenvalue weighted by atomic mass is 16.5. The largest absolute Gasteiger partial charge is 0.493 e. The van der Waals surface area contributed by atoms with Crippen LogP contribution in [0.1, 0.15) is 10.6 Å². The average molecular weight is 480 g/mol. The zero-order chi connectivity index (χ0) is 24.8. The van der Waals surface area contributed by atoms with Crippen molar-refractivity contribution in [3.05, 3.63) is 105 Å². The second-order valence-corrected chi connectivity index (χ2v) is 8.00. The monoisotopic (exact) mass is 480 g/mol. The molecule has 8 heteroatoms. The van der Waals surface area contributed by atoms with Crippen LogP contribution in [0.15, 0.2) is 102 Å². The molecule has 0 saturated heterocycles. The Morgan fingerprint density at radius 3 is 2.44 bits per heavy atom. The van der Waals surface area contributed by atoms with E-state index in [-0.39, 0.29) is 22.7 Å². The molecule has 0 aliphatic rings. The number of rotatable bonds is 4. The molecule has 8 nitrogen and oxygen atoms in total. The summed E-state index contributed by atoms with van der Waals surface area (Å²) in [5, 5.41) is 1.87. The van der Waals surface area contributed by atoms with Gasteiger partial charge in [0.15, 0.2) is 11.3 Å². The number of carbonyl (C=O) groups is 1. The Kier molecular flexibility index (Phi) is 4.93. The lowest BCUT2D eigenvalue weighted by molar-refractivity contribution is 0.0704. The zero-order valence-corrected chi connectivity index (χ0v) is 18.8. The molecule has 0 N–H and O–H groups in total. The second-order valence-electron chi connectivity index (χ2n) is 8.00. The maximum Gasteiger partial charge on any atom is 0.379 e. The van der Waals surface area contributed by atoms with Gasteiger partial charge in [-0.2, -0.15) is 0 Å². The van der Waals surface area contributed by atoms with Gasteiger partial charge in [0.2, 0.25) is 5.76 Å². The molecule has 3 aromatic carbocycles. The van der Waals surface area contributed by atoms with Crippen molar-refractivity contribution in [2.45, 2.75) is 0 Å². The van der Waals surface area contributed by atoms with Crippen LogP contribution in [0.3, 0.4) is 0 Å². The number of hydrogen-bond donors (Lipinski definition) is 0. The zero-order valence-electron chi connectivity index (χ0n) is 18.8. The summed E-state index contributed by atoms with van der Waals surface area (Å²) in [4.78, 5) is 37.8. The lowest BCUT2D eigenvalue weighted by Gasteiger charge is -2.08. The summed E-state index contributed by atoms with van der Waals surface area (Å²) >= 11 is 0. The summed E-state index contributed by atoms with van der Waals surface area (Å²) in [5.41, 5.74) is 0.317. The van der Waals surface area contributed by atoms with Crippen LogP contribution >= 0.6 is 0 Å². The van der Waals surface area contributed by atoms with Crippen molar-refractivity contribution in [1.29, 1.82) is 0 Å². The van der Waals surface area contributed by atoms with Crippen molar-refractivity contribution in [3.8, 4) is 22.6 Å². The SMILES string of the molecule is COc1cccc2cc(C(=O)Oc3ccc4c(-c5cc6ccccc6oc5=O)cc(=O)oc4c3)oc12. The number of para-hydroxylation sites is 2. The Morgan fingerprint density at radius 2 is 1.58 bits per heavy atom. The predicted molar refractivity (Wildman–Crippen MR) is 132 cm³/mol. The molecule has 176 valence electrons. The van der Waals surface area contributed by atoms with Gasteiger partial charge in [0.05, 0.1) is 12.7 Å². The molecule has 0 amide bonds. The van der Waals surface area contributed by atoms with Gasteiger partial charge >= 0.3 is 17.2 Å². The topological polar surface area (TPSA) is 109 Å². The molecule has 0 fully saturated rings. The first-order valence-corrected chi connectivity index (χ1v) is 10.9.